The third kappa shape index (κ3) is 5.37. The Bertz CT molecular complexity index is 1320. The summed E-state index contributed by atoms with van der Waals surface area (Å²) in [5.74, 6) is 1.37. The Kier molecular flexibility index (Phi) is 7.25. The van der Waals surface area contributed by atoms with Gasteiger partial charge < -0.3 is 24.7 Å². The van der Waals surface area contributed by atoms with E-state index in [0.29, 0.717) is 47.6 Å². The summed E-state index contributed by atoms with van der Waals surface area (Å²) in [7, 11) is 0. The number of primary amides is 1. The van der Waals surface area contributed by atoms with Gasteiger partial charge in [-0.1, -0.05) is 31.4 Å². The van der Waals surface area contributed by atoms with Crippen molar-refractivity contribution in [2.75, 3.05) is 24.7 Å². The third-order valence-corrected chi connectivity index (χ3v) is 7.37. The smallest absolute Gasteiger partial charge is 0.388 e. The molecule has 0 unspecified atom stereocenters. The lowest BCUT2D eigenvalue weighted by Gasteiger charge is -2.35. The maximum Gasteiger partial charge on any atom is 0.411 e. The molecule has 1 aliphatic carbocycles. The van der Waals surface area contributed by atoms with Gasteiger partial charge in [0.05, 0.1) is 24.3 Å². The number of ether oxygens (including phenoxy) is 2. The van der Waals surface area contributed by atoms with E-state index in [1.807, 2.05) is 0 Å². The number of nitrogens with two attached hydrogens (primary N) is 1. The van der Waals surface area contributed by atoms with Gasteiger partial charge in [0.15, 0.2) is 5.65 Å². The third-order valence-electron chi connectivity index (χ3n) is 7.17. The van der Waals surface area contributed by atoms with E-state index in [2.05, 4.69) is 38.3 Å². The quantitative estimate of drug-likeness (QED) is 0.374. The summed E-state index contributed by atoms with van der Waals surface area (Å²) in [6, 6.07) is 1.88. The van der Waals surface area contributed by atoms with Crippen molar-refractivity contribution in [1.82, 2.24) is 24.5 Å². The van der Waals surface area contributed by atoms with Gasteiger partial charge >= 0.3 is 6.09 Å². The predicted molar refractivity (Wildman–Crippen MR) is 140 cm³/mol. The summed E-state index contributed by atoms with van der Waals surface area (Å²) in [6.45, 7) is 7.09. The Morgan fingerprint density at radius 2 is 2.00 bits per heavy atom. The maximum atomic E-state index is 11.3. The second kappa shape index (κ2) is 10.6. The number of carbonyl (C=O) groups excluding carboxylic acids is 1. The van der Waals surface area contributed by atoms with Crippen LogP contribution in [0.2, 0.25) is 5.02 Å². The van der Waals surface area contributed by atoms with Crippen molar-refractivity contribution < 1.29 is 14.3 Å². The Labute approximate surface area is 219 Å². The van der Waals surface area contributed by atoms with Crippen LogP contribution in [0.1, 0.15) is 45.4 Å². The van der Waals surface area contributed by atoms with E-state index in [0.717, 1.165) is 36.8 Å². The first-order valence-corrected chi connectivity index (χ1v) is 13.0. The van der Waals surface area contributed by atoms with Gasteiger partial charge in [0.1, 0.15) is 11.2 Å². The molecule has 3 aromatic heterocycles. The number of amides is 1. The number of hydrogen-bond donors (Lipinski definition) is 2. The molecule has 12 heteroatoms. The van der Waals surface area contributed by atoms with E-state index in [4.69, 9.17) is 37.2 Å². The molecule has 1 saturated carbocycles. The molecule has 1 atom stereocenters. The van der Waals surface area contributed by atoms with Crippen molar-refractivity contribution in [2.45, 2.75) is 52.1 Å². The Morgan fingerprint density at radius 3 is 2.70 bits per heavy atom. The van der Waals surface area contributed by atoms with Crippen LogP contribution < -0.4 is 10.6 Å². The number of hydrogen-bond acceptors (Lipinski definition) is 9. The second-order valence-electron chi connectivity index (χ2n) is 9.98. The Morgan fingerprint density at radius 1 is 1.22 bits per heavy atom. The summed E-state index contributed by atoms with van der Waals surface area (Å²) >= 11 is 6.29. The van der Waals surface area contributed by atoms with Gasteiger partial charge in [-0.2, -0.15) is 4.98 Å². The number of rotatable bonds is 5. The van der Waals surface area contributed by atoms with Gasteiger partial charge in [0, 0.05) is 31.0 Å². The number of nitrogens with zero attached hydrogens (tertiary/aromatic N) is 6. The Balaban J connectivity index is 1.71. The average Bonchev–Trinajstić information content (AvgIpc) is 3.22. The molecule has 1 saturated heterocycles. The number of pyridine rings is 1. The van der Waals surface area contributed by atoms with Gasteiger partial charge in [-0.3, -0.25) is 10.4 Å². The summed E-state index contributed by atoms with van der Waals surface area (Å²) in [4.78, 5) is 31.9. The number of halogens is 1. The molecule has 2 fully saturated rings. The van der Waals surface area contributed by atoms with Crippen molar-refractivity contribution >= 4 is 40.7 Å². The van der Waals surface area contributed by atoms with Crippen LogP contribution in [0.4, 0.5) is 10.7 Å². The molecule has 1 amide bonds. The number of aromatic nitrogens is 5. The highest BCUT2D eigenvalue weighted by atomic mass is 35.5. The lowest BCUT2D eigenvalue weighted by Crippen LogP contribution is -2.45. The first kappa shape index (κ1) is 25.3. The number of nitrogens with one attached hydrogen (secondary N) is 1. The second-order valence-corrected chi connectivity index (χ2v) is 10.4. The van der Waals surface area contributed by atoms with Gasteiger partial charge in [0.2, 0.25) is 11.8 Å². The van der Waals surface area contributed by atoms with Crippen LogP contribution in [-0.4, -0.2) is 62.3 Å². The Hall–Kier alpha value is -3.31. The number of fused-ring (bicyclic) bond motifs is 1. The van der Waals surface area contributed by atoms with E-state index in [-0.39, 0.29) is 11.9 Å². The van der Waals surface area contributed by atoms with Gasteiger partial charge in [0.25, 0.3) is 5.90 Å². The minimum Gasteiger partial charge on any atom is -0.388 e. The van der Waals surface area contributed by atoms with Crippen LogP contribution in [-0.2, 0) is 16.0 Å². The molecule has 0 spiro atoms. The molecule has 0 aromatic carbocycles. The fourth-order valence-corrected chi connectivity index (χ4v) is 5.38. The molecule has 5 rings (SSSR count). The largest absolute Gasteiger partial charge is 0.411 e. The van der Waals surface area contributed by atoms with Crippen molar-refractivity contribution in [2.24, 2.45) is 17.6 Å². The van der Waals surface area contributed by atoms with Crippen LogP contribution in [0.5, 0.6) is 0 Å². The first-order valence-electron chi connectivity index (χ1n) is 12.6. The minimum atomic E-state index is -1.11. The normalized spacial score (nSPS) is 22.2. The topological polar surface area (TPSA) is 145 Å². The number of carbonyl (C=O) groups is 1. The predicted octanol–water partition coefficient (Wildman–Crippen LogP) is 4.01. The zero-order valence-electron chi connectivity index (χ0n) is 21.0. The lowest BCUT2D eigenvalue weighted by molar-refractivity contribution is 0.0976. The van der Waals surface area contributed by atoms with Gasteiger partial charge in [-0.25, -0.2) is 14.8 Å². The molecule has 1 aliphatic heterocycles. The van der Waals surface area contributed by atoms with E-state index in [1.54, 1.807) is 18.5 Å². The van der Waals surface area contributed by atoms with E-state index in [1.165, 1.54) is 12.8 Å². The van der Waals surface area contributed by atoms with Crippen LogP contribution >= 0.6 is 11.6 Å². The molecular weight excluding hydrogens is 496 g/mol. The van der Waals surface area contributed by atoms with Crippen LogP contribution in [0.25, 0.3) is 22.4 Å². The van der Waals surface area contributed by atoms with Crippen molar-refractivity contribution in [1.29, 1.82) is 5.41 Å². The molecule has 11 nitrogen and oxygen atoms in total. The lowest BCUT2D eigenvalue weighted by atomic mass is 9.83. The zero-order chi connectivity index (χ0) is 26.1. The van der Waals surface area contributed by atoms with E-state index < -0.39 is 12.0 Å². The number of morpholine rings is 1. The molecule has 2 aliphatic rings. The average molecular weight is 527 g/mol. The summed E-state index contributed by atoms with van der Waals surface area (Å²) in [5, 5.41) is 8.65. The molecule has 196 valence electrons. The first-order chi connectivity index (χ1) is 17.8. The maximum absolute atomic E-state index is 11.3. The number of anilines is 1. The standard InChI is InChI=1S/C25H31ClN8O3/c1-14-3-5-16(6-4-14)12-34-20-19(17-9-18(26)11-29-10-17)30-23(21(27)37-24(28)35)31-22(20)32-25(34)33-7-8-36-13-15(33)2/h9-11,14-16,27H,3-8,12-13H2,1-2H3,(H2,28,35)/t14?,15-,16?/m1/s1. The molecule has 37 heavy (non-hydrogen) atoms. The molecular formula is C25H31ClN8O3. The highest BCUT2D eigenvalue weighted by molar-refractivity contribution is 6.30. The fraction of sp³-hybridized carbons (Fsp3) is 0.520. The molecule has 3 N–H and O–H groups in total. The number of imidazole rings is 1. The highest BCUT2D eigenvalue weighted by Gasteiger charge is 2.30. The van der Waals surface area contributed by atoms with E-state index >= 15 is 0 Å². The van der Waals surface area contributed by atoms with Crippen molar-refractivity contribution in [3.63, 3.8) is 0 Å². The van der Waals surface area contributed by atoms with Crippen LogP contribution in [0.3, 0.4) is 0 Å². The molecule has 3 aromatic rings. The summed E-state index contributed by atoms with van der Waals surface area (Å²) < 4.78 is 12.7. The summed E-state index contributed by atoms with van der Waals surface area (Å²) in [6.07, 6.45) is 6.78. The minimum absolute atomic E-state index is 0.0982. The zero-order valence-corrected chi connectivity index (χ0v) is 21.7. The fourth-order valence-electron chi connectivity index (χ4n) is 5.20. The van der Waals surface area contributed by atoms with Crippen LogP contribution in [0, 0.1) is 17.2 Å². The SMILES string of the molecule is CC1CCC(Cn2c(N3CCOC[C@H]3C)nc3nc(C(=N)OC(N)=O)nc(-c4cncc(Cl)c4)c32)CC1. The summed E-state index contributed by atoms with van der Waals surface area (Å²) in [5.41, 5.74) is 7.43. The molecule has 0 bridgehead atoms. The molecule has 4 heterocycles. The van der Waals surface area contributed by atoms with Crippen LogP contribution in [0.15, 0.2) is 18.5 Å². The van der Waals surface area contributed by atoms with Crippen molar-refractivity contribution in [3.8, 4) is 11.3 Å². The monoisotopic (exact) mass is 526 g/mol. The van der Waals surface area contributed by atoms with Crippen molar-refractivity contribution in [3.05, 3.63) is 29.3 Å². The van der Waals surface area contributed by atoms with E-state index in [9.17, 15) is 4.79 Å². The van der Waals surface area contributed by atoms with Gasteiger partial charge in [-0.15, -0.1) is 0 Å². The van der Waals surface area contributed by atoms with Gasteiger partial charge in [-0.05, 0) is 37.7 Å². The highest BCUT2D eigenvalue weighted by Crippen LogP contribution is 2.36. The molecule has 0 radical (unpaired) electrons.